The van der Waals surface area contributed by atoms with Crippen LogP contribution in [0.3, 0.4) is 0 Å². The van der Waals surface area contributed by atoms with Crippen molar-refractivity contribution in [1.82, 2.24) is 0 Å². The fraction of sp³-hybridized carbons (Fsp3) is 0.250. The van der Waals surface area contributed by atoms with E-state index in [9.17, 15) is 14.7 Å². The first kappa shape index (κ1) is 21.7. The summed E-state index contributed by atoms with van der Waals surface area (Å²) < 4.78 is 11.4. The van der Waals surface area contributed by atoms with Crippen LogP contribution in [-0.2, 0) is 4.79 Å². The average molecular weight is 425 g/mol. The number of aryl methyl sites for hydroxylation is 2. The van der Waals surface area contributed by atoms with E-state index in [1.165, 1.54) is 31.7 Å². The average Bonchev–Trinajstić information content (AvgIpc) is 3.11. The summed E-state index contributed by atoms with van der Waals surface area (Å²) in [5, 5.41) is 11.0. The Morgan fingerprint density at radius 3 is 2.37 bits per heavy atom. The van der Waals surface area contributed by atoms with Gasteiger partial charge in [-0.2, -0.15) is 0 Å². The predicted octanol–water partition coefficient (Wildman–Crippen LogP) is 5.91. The van der Waals surface area contributed by atoms with Crippen LogP contribution in [0.5, 0.6) is 5.75 Å². The van der Waals surface area contributed by atoms with E-state index in [1.807, 2.05) is 44.4 Å². The van der Waals surface area contributed by atoms with Crippen LogP contribution in [-0.4, -0.2) is 28.7 Å². The van der Waals surface area contributed by atoms with Gasteiger partial charge >= 0.3 is 5.97 Å². The second-order valence-corrected chi connectivity index (χ2v) is 8.43. The van der Waals surface area contributed by atoms with Crippen molar-refractivity contribution in [2.24, 2.45) is 0 Å². The molecule has 6 heteroatoms. The largest absolute Gasteiger partial charge is 0.478 e. The number of ketones is 1. The summed E-state index contributed by atoms with van der Waals surface area (Å²) in [5.74, 6) is -0.595. The Morgan fingerprint density at radius 1 is 1.10 bits per heavy atom. The van der Waals surface area contributed by atoms with E-state index in [0.717, 1.165) is 32.8 Å². The van der Waals surface area contributed by atoms with Crippen molar-refractivity contribution in [2.45, 2.75) is 38.4 Å². The molecule has 0 unspecified atom stereocenters. The Bertz CT molecular complexity index is 1130. The number of ether oxygens (including phenoxy) is 1. The predicted molar refractivity (Wildman–Crippen MR) is 120 cm³/mol. The van der Waals surface area contributed by atoms with Gasteiger partial charge in [-0.1, -0.05) is 17.8 Å². The molecule has 5 nitrogen and oxygen atoms in total. The van der Waals surface area contributed by atoms with Gasteiger partial charge in [0.05, 0.1) is 0 Å². The summed E-state index contributed by atoms with van der Waals surface area (Å²) in [5.41, 5.74) is 2.47. The molecule has 156 valence electrons. The number of rotatable bonds is 7. The van der Waals surface area contributed by atoms with E-state index >= 15 is 0 Å². The summed E-state index contributed by atoms with van der Waals surface area (Å²) in [4.78, 5) is 24.0. The van der Waals surface area contributed by atoms with Crippen LogP contribution in [0.2, 0.25) is 0 Å². The molecule has 3 rings (SSSR count). The number of furan rings is 1. The van der Waals surface area contributed by atoms with Gasteiger partial charge in [0.15, 0.2) is 16.5 Å². The smallest absolute Gasteiger partial charge is 0.347 e. The molecule has 0 aliphatic rings. The minimum atomic E-state index is -1.33. The lowest BCUT2D eigenvalue weighted by Gasteiger charge is -2.24. The van der Waals surface area contributed by atoms with Gasteiger partial charge in [0, 0.05) is 10.9 Å². The number of carbonyl (C=O) groups excluding carboxylic acids is 1. The van der Waals surface area contributed by atoms with Gasteiger partial charge in [0.1, 0.15) is 11.3 Å². The van der Waals surface area contributed by atoms with E-state index in [2.05, 4.69) is 0 Å². The highest BCUT2D eigenvalue weighted by Gasteiger charge is 2.30. The molecular weight excluding hydrogens is 400 g/mol. The molecule has 0 radical (unpaired) electrons. The molecule has 0 fully saturated rings. The van der Waals surface area contributed by atoms with E-state index in [1.54, 1.807) is 18.2 Å². The van der Waals surface area contributed by atoms with Crippen molar-refractivity contribution < 1.29 is 23.8 Å². The fourth-order valence-electron chi connectivity index (χ4n) is 3.08. The van der Waals surface area contributed by atoms with E-state index in [-0.39, 0.29) is 5.78 Å². The Kier molecular flexibility index (Phi) is 6.08. The number of carboxylic acids is 1. The molecule has 3 aromatic rings. The summed E-state index contributed by atoms with van der Waals surface area (Å²) in [6.45, 7) is 6.74. The number of aliphatic carboxylic acids is 1. The van der Waals surface area contributed by atoms with Gasteiger partial charge in [-0.3, -0.25) is 4.79 Å². The van der Waals surface area contributed by atoms with Crippen LogP contribution >= 0.6 is 11.8 Å². The molecule has 0 saturated carbocycles. The van der Waals surface area contributed by atoms with Crippen molar-refractivity contribution in [3.05, 3.63) is 64.7 Å². The standard InChI is InChI=1S/C24H24O5S/c1-14-10-16(11-15(2)22(14)29-24(3,4)23(26)27)6-8-19(25)17-7-9-20-18(12-17)13-21(28-20)30-5/h6-13H,1-5H3,(H,26,27)/b8-6+. The van der Waals surface area contributed by atoms with Crippen molar-refractivity contribution in [1.29, 1.82) is 0 Å². The van der Waals surface area contributed by atoms with Gasteiger partial charge in [-0.25, -0.2) is 4.79 Å². The molecule has 0 spiro atoms. The number of carboxylic acid groups (broad SMARTS) is 1. The molecule has 0 saturated heterocycles. The summed E-state index contributed by atoms with van der Waals surface area (Å²) in [7, 11) is 0. The quantitative estimate of drug-likeness (QED) is 0.289. The first-order chi connectivity index (χ1) is 14.1. The van der Waals surface area contributed by atoms with Gasteiger partial charge < -0.3 is 14.3 Å². The number of fused-ring (bicyclic) bond motifs is 1. The highest BCUT2D eigenvalue weighted by Crippen LogP contribution is 2.30. The molecule has 0 aliphatic heterocycles. The van der Waals surface area contributed by atoms with Crippen LogP contribution in [0.25, 0.3) is 17.0 Å². The first-order valence-corrected chi connectivity index (χ1v) is 10.7. The maximum Gasteiger partial charge on any atom is 0.347 e. The lowest BCUT2D eigenvalue weighted by molar-refractivity contribution is -0.152. The highest BCUT2D eigenvalue weighted by atomic mass is 32.2. The van der Waals surface area contributed by atoms with Gasteiger partial charge in [-0.15, -0.1) is 0 Å². The van der Waals surface area contributed by atoms with Crippen molar-refractivity contribution in [2.75, 3.05) is 6.26 Å². The molecule has 1 heterocycles. The minimum Gasteiger partial charge on any atom is -0.478 e. The van der Waals surface area contributed by atoms with E-state index < -0.39 is 11.6 Å². The SMILES string of the molecule is CSc1cc2cc(C(=O)/C=C/c3cc(C)c(OC(C)(C)C(=O)O)c(C)c3)ccc2o1. The maximum atomic E-state index is 12.6. The number of carbonyl (C=O) groups is 2. The van der Waals surface area contributed by atoms with E-state index in [4.69, 9.17) is 9.15 Å². The summed E-state index contributed by atoms with van der Waals surface area (Å²) in [6.07, 6.45) is 5.23. The third-order valence-corrected chi connectivity index (χ3v) is 5.37. The molecule has 2 aromatic carbocycles. The Hall–Kier alpha value is -2.99. The van der Waals surface area contributed by atoms with Crippen LogP contribution in [0.4, 0.5) is 0 Å². The zero-order valence-electron chi connectivity index (χ0n) is 17.6. The van der Waals surface area contributed by atoms with Crippen LogP contribution in [0.15, 0.2) is 52.0 Å². The molecule has 30 heavy (non-hydrogen) atoms. The van der Waals surface area contributed by atoms with Crippen LogP contribution in [0.1, 0.15) is 40.9 Å². The molecule has 1 aromatic heterocycles. The Balaban J connectivity index is 1.82. The zero-order chi connectivity index (χ0) is 22.1. The van der Waals surface area contributed by atoms with Crippen molar-refractivity contribution in [3.63, 3.8) is 0 Å². The Morgan fingerprint density at radius 2 is 1.77 bits per heavy atom. The topological polar surface area (TPSA) is 76.7 Å². The third kappa shape index (κ3) is 4.60. The lowest BCUT2D eigenvalue weighted by atomic mass is 10.0. The Labute approximate surface area is 179 Å². The molecule has 0 aliphatic carbocycles. The van der Waals surface area contributed by atoms with Gasteiger partial charge in [-0.05, 0) is 93.1 Å². The van der Waals surface area contributed by atoms with Gasteiger partial charge in [0.25, 0.3) is 0 Å². The zero-order valence-corrected chi connectivity index (χ0v) is 18.4. The summed E-state index contributed by atoms with van der Waals surface area (Å²) in [6, 6.07) is 11.0. The molecule has 0 amide bonds. The molecule has 1 N–H and O–H groups in total. The summed E-state index contributed by atoms with van der Waals surface area (Å²) >= 11 is 1.52. The minimum absolute atomic E-state index is 0.105. The van der Waals surface area contributed by atoms with Crippen molar-refractivity contribution in [3.8, 4) is 5.75 Å². The van der Waals surface area contributed by atoms with E-state index in [0.29, 0.717) is 11.3 Å². The third-order valence-electron chi connectivity index (χ3n) is 4.76. The van der Waals surface area contributed by atoms with Gasteiger partial charge in [0.2, 0.25) is 0 Å². The monoisotopic (exact) mass is 424 g/mol. The lowest BCUT2D eigenvalue weighted by Crippen LogP contribution is -2.38. The number of allylic oxidation sites excluding steroid dienone is 1. The maximum absolute atomic E-state index is 12.6. The normalized spacial score (nSPS) is 11.9. The van der Waals surface area contributed by atoms with Crippen LogP contribution in [0, 0.1) is 13.8 Å². The van der Waals surface area contributed by atoms with Crippen molar-refractivity contribution >= 4 is 40.6 Å². The molecule has 0 atom stereocenters. The number of hydrogen-bond donors (Lipinski definition) is 1. The number of hydrogen-bond acceptors (Lipinski definition) is 5. The van der Waals surface area contributed by atoms with Crippen LogP contribution < -0.4 is 4.74 Å². The molecular formula is C24H24O5S. The second kappa shape index (κ2) is 8.40. The second-order valence-electron chi connectivity index (χ2n) is 7.62. The molecule has 0 bridgehead atoms. The first-order valence-electron chi connectivity index (χ1n) is 9.44. The fourth-order valence-corrected chi connectivity index (χ4v) is 3.50. The number of thioether (sulfide) groups is 1. The number of benzene rings is 2. The highest BCUT2D eigenvalue weighted by molar-refractivity contribution is 7.98.